The monoisotopic (exact) mass is 289 g/mol. The summed E-state index contributed by atoms with van der Waals surface area (Å²) >= 11 is 0. The van der Waals surface area contributed by atoms with Crippen LogP contribution in [0.2, 0.25) is 0 Å². The highest BCUT2D eigenvalue weighted by Crippen LogP contribution is 2.36. The molecule has 0 saturated heterocycles. The minimum Gasteiger partial charge on any atom is -0.478 e. The summed E-state index contributed by atoms with van der Waals surface area (Å²) in [6.45, 7) is 4.51. The molecule has 21 heavy (non-hydrogen) atoms. The average molecular weight is 289 g/mol. The molecule has 0 bridgehead atoms. The van der Waals surface area contributed by atoms with E-state index in [0.717, 1.165) is 25.7 Å². The maximum Gasteiger partial charge on any atom is 0.336 e. The summed E-state index contributed by atoms with van der Waals surface area (Å²) in [5, 5.41) is 9.20. The number of amides is 1. The van der Waals surface area contributed by atoms with Crippen LogP contribution in [0.15, 0.2) is 24.3 Å². The van der Waals surface area contributed by atoms with Crippen molar-refractivity contribution in [2.45, 2.75) is 45.6 Å². The van der Waals surface area contributed by atoms with Gasteiger partial charge in [-0.1, -0.05) is 26.0 Å². The van der Waals surface area contributed by atoms with E-state index in [0.29, 0.717) is 5.41 Å². The third-order valence-corrected chi connectivity index (χ3v) is 4.56. The van der Waals surface area contributed by atoms with Gasteiger partial charge >= 0.3 is 5.97 Å². The van der Waals surface area contributed by atoms with Gasteiger partial charge in [0.05, 0.1) is 11.1 Å². The number of aromatic carboxylic acids is 1. The van der Waals surface area contributed by atoms with Crippen molar-refractivity contribution in [3.05, 3.63) is 35.4 Å². The first-order valence-electron chi connectivity index (χ1n) is 7.41. The van der Waals surface area contributed by atoms with Gasteiger partial charge in [0, 0.05) is 13.1 Å². The van der Waals surface area contributed by atoms with Gasteiger partial charge in [0.2, 0.25) is 0 Å². The lowest BCUT2D eigenvalue weighted by atomic mass is 9.75. The molecule has 1 saturated carbocycles. The van der Waals surface area contributed by atoms with Gasteiger partial charge in [-0.15, -0.1) is 0 Å². The van der Waals surface area contributed by atoms with Gasteiger partial charge in [-0.3, -0.25) is 4.79 Å². The van der Waals surface area contributed by atoms with Crippen molar-refractivity contribution in [2.75, 3.05) is 7.05 Å². The van der Waals surface area contributed by atoms with E-state index in [2.05, 4.69) is 13.8 Å². The molecule has 0 aliphatic heterocycles. The third-order valence-electron chi connectivity index (χ3n) is 4.56. The second-order valence-electron chi connectivity index (χ2n) is 6.66. The lowest BCUT2D eigenvalue weighted by Gasteiger charge is -2.38. The zero-order valence-corrected chi connectivity index (χ0v) is 12.9. The average Bonchev–Trinajstić information content (AvgIpc) is 2.45. The Labute approximate surface area is 125 Å². The number of hydrogen-bond acceptors (Lipinski definition) is 2. The fourth-order valence-electron chi connectivity index (χ4n) is 2.98. The van der Waals surface area contributed by atoms with E-state index in [1.807, 2.05) is 0 Å². The van der Waals surface area contributed by atoms with Gasteiger partial charge in [0.25, 0.3) is 5.91 Å². The minimum absolute atomic E-state index is 0.0745. The largest absolute Gasteiger partial charge is 0.478 e. The summed E-state index contributed by atoms with van der Waals surface area (Å²) in [4.78, 5) is 25.6. The fraction of sp³-hybridized carbons (Fsp3) is 0.529. The summed E-state index contributed by atoms with van der Waals surface area (Å²) in [5.41, 5.74) is 0.696. The highest BCUT2D eigenvalue weighted by atomic mass is 16.4. The molecule has 1 aliphatic rings. The number of carbonyl (C=O) groups excluding carboxylic acids is 1. The molecule has 4 heteroatoms. The van der Waals surface area contributed by atoms with Crippen LogP contribution in [0.1, 0.15) is 60.2 Å². The van der Waals surface area contributed by atoms with Crippen molar-refractivity contribution in [1.82, 2.24) is 4.90 Å². The van der Waals surface area contributed by atoms with Crippen LogP contribution in [0.25, 0.3) is 0 Å². The van der Waals surface area contributed by atoms with Gasteiger partial charge < -0.3 is 10.0 Å². The van der Waals surface area contributed by atoms with Crippen molar-refractivity contribution in [2.24, 2.45) is 5.41 Å². The van der Waals surface area contributed by atoms with Crippen molar-refractivity contribution in [1.29, 1.82) is 0 Å². The molecular weight excluding hydrogens is 266 g/mol. The Morgan fingerprint density at radius 2 is 1.67 bits per heavy atom. The molecule has 0 unspecified atom stereocenters. The molecule has 0 radical (unpaired) electrons. The molecule has 2 rings (SSSR count). The summed E-state index contributed by atoms with van der Waals surface area (Å²) in [7, 11) is 1.78. The van der Waals surface area contributed by atoms with Crippen LogP contribution in [0.5, 0.6) is 0 Å². The molecule has 114 valence electrons. The molecular formula is C17H23NO3. The van der Waals surface area contributed by atoms with Crippen molar-refractivity contribution in [3.63, 3.8) is 0 Å². The summed E-state index contributed by atoms with van der Waals surface area (Å²) in [5.74, 6) is -1.25. The topological polar surface area (TPSA) is 57.6 Å². The SMILES string of the molecule is CN(C(=O)c1ccccc1C(=O)O)C1CCC(C)(C)CC1. The van der Waals surface area contributed by atoms with Crippen molar-refractivity contribution < 1.29 is 14.7 Å². The molecule has 0 aromatic heterocycles. The van der Waals surface area contributed by atoms with E-state index in [1.54, 1.807) is 30.1 Å². The predicted octanol–water partition coefficient (Wildman–Crippen LogP) is 3.43. The lowest BCUT2D eigenvalue weighted by molar-refractivity contribution is 0.0615. The molecule has 1 fully saturated rings. The Bertz CT molecular complexity index is 541. The van der Waals surface area contributed by atoms with E-state index >= 15 is 0 Å². The first kappa shape index (κ1) is 15.5. The fourth-order valence-corrected chi connectivity index (χ4v) is 2.98. The number of rotatable bonds is 3. The number of carbonyl (C=O) groups is 2. The number of hydrogen-bond donors (Lipinski definition) is 1. The van der Waals surface area contributed by atoms with E-state index in [1.165, 1.54) is 6.07 Å². The van der Waals surface area contributed by atoms with Crippen LogP contribution in [0.4, 0.5) is 0 Å². The number of nitrogens with zero attached hydrogens (tertiary/aromatic N) is 1. The number of carboxylic acids is 1. The minimum atomic E-state index is -1.06. The van der Waals surface area contributed by atoms with Crippen LogP contribution >= 0.6 is 0 Å². The van der Waals surface area contributed by atoms with Crippen LogP contribution in [0.3, 0.4) is 0 Å². The quantitative estimate of drug-likeness (QED) is 0.927. The van der Waals surface area contributed by atoms with Crippen molar-refractivity contribution >= 4 is 11.9 Å². The third kappa shape index (κ3) is 3.43. The lowest BCUT2D eigenvalue weighted by Crippen LogP contribution is -2.41. The van der Waals surface area contributed by atoms with E-state index in [9.17, 15) is 14.7 Å². The standard InChI is InChI=1S/C17H23NO3/c1-17(2)10-8-12(9-11-17)18(3)15(19)13-6-4-5-7-14(13)16(20)21/h4-7,12H,8-11H2,1-3H3,(H,20,21). The van der Waals surface area contributed by atoms with Gasteiger partial charge in [-0.05, 0) is 43.2 Å². The molecule has 1 amide bonds. The first-order chi connectivity index (χ1) is 9.82. The summed E-state index contributed by atoms with van der Waals surface area (Å²) < 4.78 is 0. The molecule has 0 heterocycles. The Morgan fingerprint density at radius 3 is 2.19 bits per heavy atom. The normalized spacial score (nSPS) is 18.2. The predicted molar refractivity (Wildman–Crippen MR) is 81.5 cm³/mol. The zero-order valence-electron chi connectivity index (χ0n) is 12.9. The Balaban J connectivity index is 2.15. The molecule has 0 spiro atoms. The molecule has 1 N–H and O–H groups in total. The maximum atomic E-state index is 12.6. The van der Waals surface area contributed by atoms with Crippen LogP contribution in [-0.2, 0) is 0 Å². The zero-order chi connectivity index (χ0) is 15.6. The van der Waals surface area contributed by atoms with Crippen LogP contribution in [-0.4, -0.2) is 35.0 Å². The summed E-state index contributed by atoms with van der Waals surface area (Å²) in [6.07, 6.45) is 4.14. The Kier molecular flexibility index (Phi) is 4.35. The van der Waals surface area contributed by atoms with Gasteiger partial charge in [0.1, 0.15) is 0 Å². The summed E-state index contributed by atoms with van der Waals surface area (Å²) in [6, 6.07) is 6.62. The second-order valence-corrected chi connectivity index (χ2v) is 6.66. The van der Waals surface area contributed by atoms with E-state index in [-0.39, 0.29) is 23.1 Å². The van der Waals surface area contributed by atoms with Gasteiger partial charge in [-0.25, -0.2) is 4.79 Å². The smallest absolute Gasteiger partial charge is 0.336 e. The molecule has 1 aromatic rings. The van der Waals surface area contributed by atoms with E-state index < -0.39 is 5.97 Å². The number of benzene rings is 1. The van der Waals surface area contributed by atoms with Crippen LogP contribution in [0, 0.1) is 5.41 Å². The highest BCUT2D eigenvalue weighted by molar-refractivity contribution is 6.04. The van der Waals surface area contributed by atoms with Crippen molar-refractivity contribution in [3.8, 4) is 0 Å². The maximum absolute atomic E-state index is 12.6. The van der Waals surface area contributed by atoms with E-state index in [4.69, 9.17) is 0 Å². The number of carboxylic acid groups (broad SMARTS) is 1. The molecule has 0 atom stereocenters. The van der Waals surface area contributed by atoms with Gasteiger partial charge in [0.15, 0.2) is 0 Å². The van der Waals surface area contributed by atoms with Crippen LogP contribution < -0.4 is 0 Å². The van der Waals surface area contributed by atoms with Gasteiger partial charge in [-0.2, -0.15) is 0 Å². The molecule has 1 aromatic carbocycles. The Hall–Kier alpha value is -1.84. The highest BCUT2D eigenvalue weighted by Gasteiger charge is 2.31. The Morgan fingerprint density at radius 1 is 1.14 bits per heavy atom. The second kappa shape index (κ2) is 5.88. The first-order valence-corrected chi connectivity index (χ1v) is 7.41. The molecule has 1 aliphatic carbocycles. The molecule has 4 nitrogen and oxygen atoms in total.